The van der Waals surface area contributed by atoms with Crippen molar-refractivity contribution in [2.24, 2.45) is 0 Å². The van der Waals surface area contributed by atoms with E-state index in [2.05, 4.69) is 25.6 Å². The highest BCUT2D eigenvalue weighted by atomic mass is 79.9. The van der Waals surface area contributed by atoms with Gasteiger partial charge in [0.15, 0.2) is 0 Å². The maximum absolute atomic E-state index is 12.1. The van der Waals surface area contributed by atoms with Gasteiger partial charge >= 0.3 is 6.36 Å². The van der Waals surface area contributed by atoms with Gasteiger partial charge in [0.05, 0.1) is 4.47 Å². The lowest BCUT2D eigenvalue weighted by Gasteiger charge is -2.19. The molecule has 0 spiro atoms. The zero-order chi connectivity index (χ0) is 12.5. The number of ether oxygens (including phenoxy) is 1. The van der Waals surface area contributed by atoms with E-state index in [1.54, 1.807) is 12.1 Å². The quantitative estimate of drug-likeness (QED) is 0.820. The minimum absolute atomic E-state index is 0.208. The monoisotopic (exact) mass is 309 g/mol. The Bertz CT molecular complexity index is 402. The lowest BCUT2D eigenvalue weighted by Crippen LogP contribution is -2.19. The molecule has 0 N–H and O–H groups in total. The van der Waals surface area contributed by atoms with Crippen molar-refractivity contribution in [1.82, 2.24) is 0 Å². The van der Waals surface area contributed by atoms with E-state index in [9.17, 15) is 13.2 Å². The van der Waals surface area contributed by atoms with Crippen LogP contribution in [-0.4, -0.2) is 19.5 Å². The Morgan fingerprint density at radius 2 is 1.82 bits per heavy atom. The Morgan fingerprint density at radius 3 is 2.35 bits per heavy atom. The SMILES string of the molecule is FC(F)(F)Oc1ccc(N2CCCC2)cc1Br. The summed E-state index contributed by atoms with van der Waals surface area (Å²) in [5.74, 6) is -0.208. The number of alkyl halides is 3. The number of nitrogens with zero attached hydrogens (tertiary/aromatic N) is 1. The first-order chi connectivity index (χ1) is 7.96. The van der Waals surface area contributed by atoms with Crippen molar-refractivity contribution in [3.05, 3.63) is 22.7 Å². The molecule has 0 amide bonds. The largest absolute Gasteiger partial charge is 0.573 e. The molecule has 1 aliphatic heterocycles. The predicted molar refractivity (Wildman–Crippen MR) is 62.3 cm³/mol. The normalized spacial score (nSPS) is 16.4. The lowest BCUT2D eigenvalue weighted by atomic mass is 10.3. The second-order valence-electron chi connectivity index (χ2n) is 3.86. The van der Waals surface area contributed by atoms with Crippen LogP contribution >= 0.6 is 15.9 Å². The second kappa shape index (κ2) is 4.76. The van der Waals surface area contributed by atoms with E-state index in [0.717, 1.165) is 31.6 Å². The van der Waals surface area contributed by atoms with Crippen molar-refractivity contribution in [3.63, 3.8) is 0 Å². The topological polar surface area (TPSA) is 12.5 Å². The van der Waals surface area contributed by atoms with Crippen LogP contribution in [0.3, 0.4) is 0 Å². The Kier molecular flexibility index (Phi) is 3.51. The summed E-state index contributed by atoms with van der Waals surface area (Å²) in [5, 5.41) is 0. The first-order valence-corrected chi connectivity index (χ1v) is 6.05. The molecule has 0 saturated carbocycles. The van der Waals surface area contributed by atoms with E-state index in [-0.39, 0.29) is 5.75 Å². The van der Waals surface area contributed by atoms with Gasteiger partial charge in [0.2, 0.25) is 0 Å². The zero-order valence-electron chi connectivity index (χ0n) is 8.93. The fourth-order valence-electron chi connectivity index (χ4n) is 1.87. The van der Waals surface area contributed by atoms with Gasteiger partial charge in [-0.1, -0.05) is 0 Å². The standard InChI is InChI=1S/C11H11BrF3NO/c12-9-7-8(16-5-1-2-6-16)3-4-10(9)17-11(13,14)15/h3-4,7H,1-2,5-6H2. The fourth-order valence-corrected chi connectivity index (χ4v) is 2.32. The van der Waals surface area contributed by atoms with Crippen molar-refractivity contribution >= 4 is 21.6 Å². The summed E-state index contributed by atoms with van der Waals surface area (Å²) < 4.78 is 40.4. The number of hydrogen-bond donors (Lipinski definition) is 0. The van der Waals surface area contributed by atoms with Crippen LogP contribution < -0.4 is 9.64 Å². The summed E-state index contributed by atoms with van der Waals surface area (Å²) in [6.45, 7) is 1.90. The molecule has 1 heterocycles. The predicted octanol–water partition coefficient (Wildman–Crippen LogP) is 3.95. The molecule has 1 aromatic rings. The van der Waals surface area contributed by atoms with Crippen LogP contribution in [-0.2, 0) is 0 Å². The lowest BCUT2D eigenvalue weighted by molar-refractivity contribution is -0.274. The summed E-state index contributed by atoms with van der Waals surface area (Å²) >= 11 is 3.10. The second-order valence-corrected chi connectivity index (χ2v) is 4.71. The van der Waals surface area contributed by atoms with Gasteiger partial charge in [-0.2, -0.15) is 0 Å². The molecular weight excluding hydrogens is 299 g/mol. The van der Waals surface area contributed by atoms with E-state index in [0.29, 0.717) is 4.47 Å². The number of halogens is 4. The van der Waals surface area contributed by atoms with E-state index in [1.807, 2.05) is 0 Å². The van der Waals surface area contributed by atoms with Gasteiger partial charge < -0.3 is 9.64 Å². The smallest absolute Gasteiger partial charge is 0.405 e. The van der Waals surface area contributed by atoms with Crippen LogP contribution in [0.1, 0.15) is 12.8 Å². The van der Waals surface area contributed by atoms with Crippen molar-refractivity contribution in [1.29, 1.82) is 0 Å². The minimum atomic E-state index is -4.66. The van der Waals surface area contributed by atoms with Gasteiger partial charge in [-0.3, -0.25) is 0 Å². The summed E-state index contributed by atoms with van der Waals surface area (Å²) in [5.41, 5.74) is 0.920. The average Bonchev–Trinajstić information content (AvgIpc) is 2.72. The summed E-state index contributed by atoms with van der Waals surface area (Å²) in [7, 11) is 0. The molecule has 2 rings (SSSR count). The Morgan fingerprint density at radius 1 is 1.18 bits per heavy atom. The van der Waals surface area contributed by atoms with Crippen molar-refractivity contribution in [2.45, 2.75) is 19.2 Å². The van der Waals surface area contributed by atoms with Gasteiger partial charge in [-0.25, -0.2) is 0 Å². The van der Waals surface area contributed by atoms with Crippen LogP contribution in [0.15, 0.2) is 22.7 Å². The Hall–Kier alpha value is -0.910. The summed E-state index contributed by atoms with van der Waals surface area (Å²) in [6, 6.07) is 4.65. The van der Waals surface area contributed by atoms with Crippen LogP contribution in [0.4, 0.5) is 18.9 Å². The molecule has 17 heavy (non-hydrogen) atoms. The molecule has 0 aliphatic carbocycles. The van der Waals surface area contributed by atoms with Crippen LogP contribution in [0.5, 0.6) is 5.75 Å². The van der Waals surface area contributed by atoms with Gasteiger partial charge in [-0.05, 0) is 47.0 Å². The van der Waals surface area contributed by atoms with E-state index in [4.69, 9.17) is 0 Å². The van der Waals surface area contributed by atoms with Crippen LogP contribution in [0.25, 0.3) is 0 Å². The third-order valence-corrected chi connectivity index (χ3v) is 3.23. The minimum Gasteiger partial charge on any atom is -0.405 e. The Labute approximate surface area is 105 Å². The zero-order valence-corrected chi connectivity index (χ0v) is 10.5. The van der Waals surface area contributed by atoms with Crippen LogP contribution in [0, 0.1) is 0 Å². The van der Waals surface area contributed by atoms with Gasteiger partial charge in [0.25, 0.3) is 0 Å². The highest BCUT2D eigenvalue weighted by molar-refractivity contribution is 9.10. The summed E-state index contributed by atoms with van der Waals surface area (Å²) in [4.78, 5) is 2.14. The maximum Gasteiger partial charge on any atom is 0.573 e. The highest BCUT2D eigenvalue weighted by Gasteiger charge is 2.32. The molecule has 2 nitrogen and oxygen atoms in total. The van der Waals surface area contributed by atoms with Gasteiger partial charge in [0.1, 0.15) is 5.75 Å². The molecule has 1 saturated heterocycles. The highest BCUT2D eigenvalue weighted by Crippen LogP contribution is 2.34. The molecule has 0 aromatic heterocycles. The first kappa shape index (κ1) is 12.5. The number of rotatable bonds is 2. The van der Waals surface area contributed by atoms with Crippen molar-refractivity contribution in [2.75, 3.05) is 18.0 Å². The third-order valence-electron chi connectivity index (χ3n) is 2.61. The molecule has 94 valence electrons. The molecule has 1 aliphatic rings. The molecule has 0 unspecified atom stereocenters. The fraction of sp³-hybridized carbons (Fsp3) is 0.455. The molecule has 6 heteroatoms. The van der Waals surface area contributed by atoms with Crippen molar-refractivity contribution < 1.29 is 17.9 Å². The summed E-state index contributed by atoms with van der Waals surface area (Å²) in [6.07, 6.45) is -2.41. The van der Waals surface area contributed by atoms with Crippen LogP contribution in [0.2, 0.25) is 0 Å². The molecule has 1 fully saturated rings. The number of anilines is 1. The van der Waals surface area contributed by atoms with E-state index >= 15 is 0 Å². The molecule has 0 bridgehead atoms. The molecule has 0 radical (unpaired) electrons. The van der Waals surface area contributed by atoms with E-state index in [1.165, 1.54) is 6.07 Å². The van der Waals surface area contributed by atoms with Gasteiger partial charge in [-0.15, -0.1) is 13.2 Å². The Balaban J connectivity index is 2.16. The number of benzene rings is 1. The molecule has 0 atom stereocenters. The molecular formula is C11H11BrF3NO. The maximum atomic E-state index is 12.1. The van der Waals surface area contributed by atoms with Gasteiger partial charge in [0, 0.05) is 18.8 Å². The average molecular weight is 310 g/mol. The molecule has 1 aromatic carbocycles. The van der Waals surface area contributed by atoms with Crippen molar-refractivity contribution in [3.8, 4) is 5.75 Å². The van der Waals surface area contributed by atoms with E-state index < -0.39 is 6.36 Å². The third kappa shape index (κ3) is 3.28. The first-order valence-electron chi connectivity index (χ1n) is 5.26. The number of hydrogen-bond acceptors (Lipinski definition) is 2.